The van der Waals surface area contributed by atoms with E-state index in [1.165, 1.54) is 18.2 Å². The molecule has 0 spiro atoms. The van der Waals surface area contributed by atoms with Crippen molar-refractivity contribution >= 4 is 27.7 Å². The fraction of sp³-hybridized carbons (Fsp3) is 0.176. The molecular formula is C17H16BrFN2O3. The van der Waals surface area contributed by atoms with Gasteiger partial charge in [-0.25, -0.2) is 4.39 Å². The summed E-state index contributed by atoms with van der Waals surface area (Å²) in [5.41, 5.74) is 6.25. The second-order valence-electron chi connectivity index (χ2n) is 5.12. The number of carbonyl (C=O) groups excluding carboxylic acids is 2. The first kappa shape index (κ1) is 17.9. The molecule has 0 bridgehead atoms. The van der Waals surface area contributed by atoms with E-state index in [2.05, 4.69) is 26.8 Å². The van der Waals surface area contributed by atoms with Gasteiger partial charge in [0.2, 0.25) is 5.91 Å². The van der Waals surface area contributed by atoms with Crippen LogP contribution in [0, 0.1) is 12.7 Å². The van der Waals surface area contributed by atoms with Crippen LogP contribution in [0.1, 0.15) is 11.1 Å². The van der Waals surface area contributed by atoms with Crippen molar-refractivity contribution in [1.82, 2.24) is 10.9 Å². The fourth-order valence-corrected chi connectivity index (χ4v) is 2.26. The molecule has 126 valence electrons. The Morgan fingerprint density at radius 1 is 1.08 bits per heavy atom. The van der Waals surface area contributed by atoms with Crippen LogP contribution in [0.2, 0.25) is 0 Å². The van der Waals surface area contributed by atoms with Crippen LogP contribution < -0.4 is 15.6 Å². The quantitative estimate of drug-likeness (QED) is 0.766. The van der Waals surface area contributed by atoms with E-state index in [0.29, 0.717) is 11.3 Å². The summed E-state index contributed by atoms with van der Waals surface area (Å²) in [7, 11) is 0. The van der Waals surface area contributed by atoms with Gasteiger partial charge < -0.3 is 4.74 Å². The molecule has 0 radical (unpaired) electrons. The smallest absolute Gasteiger partial charge is 0.276 e. The van der Waals surface area contributed by atoms with Gasteiger partial charge in [0, 0.05) is 0 Å². The summed E-state index contributed by atoms with van der Waals surface area (Å²) in [6.45, 7) is 1.73. The zero-order valence-electron chi connectivity index (χ0n) is 12.9. The maximum Gasteiger partial charge on any atom is 0.276 e. The number of rotatable bonds is 5. The Hall–Kier alpha value is -2.41. The average molecular weight is 395 g/mol. The van der Waals surface area contributed by atoms with Crippen molar-refractivity contribution in [3.63, 3.8) is 0 Å². The van der Waals surface area contributed by atoms with E-state index in [1.54, 1.807) is 12.1 Å². The molecule has 2 N–H and O–H groups in total. The number of nitrogens with one attached hydrogen (secondary N) is 2. The van der Waals surface area contributed by atoms with Crippen molar-refractivity contribution in [2.75, 3.05) is 6.61 Å². The molecule has 2 amide bonds. The summed E-state index contributed by atoms with van der Waals surface area (Å²) in [4.78, 5) is 23.4. The number of halogens is 2. The molecule has 2 aromatic carbocycles. The number of hydrazine groups is 1. The number of hydrogen-bond acceptors (Lipinski definition) is 3. The van der Waals surface area contributed by atoms with Crippen LogP contribution in [0.4, 0.5) is 4.39 Å². The van der Waals surface area contributed by atoms with Crippen molar-refractivity contribution in [1.29, 1.82) is 0 Å². The van der Waals surface area contributed by atoms with Crippen molar-refractivity contribution in [2.45, 2.75) is 13.3 Å². The zero-order chi connectivity index (χ0) is 17.5. The Morgan fingerprint density at radius 3 is 2.42 bits per heavy atom. The molecule has 0 aliphatic rings. The summed E-state index contributed by atoms with van der Waals surface area (Å²) in [5.74, 6) is -0.736. The van der Waals surface area contributed by atoms with Crippen molar-refractivity contribution in [3.05, 3.63) is 63.9 Å². The molecule has 0 atom stereocenters. The highest BCUT2D eigenvalue weighted by Crippen LogP contribution is 2.17. The normalized spacial score (nSPS) is 10.1. The number of benzene rings is 2. The Labute approximate surface area is 147 Å². The first-order chi connectivity index (χ1) is 11.4. The largest absolute Gasteiger partial charge is 0.484 e. The highest BCUT2D eigenvalue weighted by atomic mass is 79.9. The third kappa shape index (κ3) is 5.66. The van der Waals surface area contributed by atoms with Crippen LogP contribution in [-0.4, -0.2) is 18.4 Å². The standard InChI is InChI=1S/C17H16BrFN2O3/c1-11-2-5-13(6-3-11)24-10-17(23)21-20-16(22)9-12-4-7-15(19)14(18)8-12/h2-8H,9-10H2,1H3,(H,20,22)(H,21,23). The summed E-state index contributed by atoms with van der Waals surface area (Å²) in [5, 5.41) is 0. The second-order valence-corrected chi connectivity index (χ2v) is 5.98. The van der Waals surface area contributed by atoms with Gasteiger partial charge in [0.1, 0.15) is 11.6 Å². The number of ether oxygens (including phenoxy) is 1. The number of aryl methyl sites for hydroxylation is 1. The zero-order valence-corrected chi connectivity index (χ0v) is 14.5. The minimum absolute atomic E-state index is 0.0119. The molecule has 2 aromatic rings. The molecule has 0 saturated carbocycles. The molecule has 2 rings (SSSR count). The predicted molar refractivity (Wildman–Crippen MR) is 90.8 cm³/mol. The van der Waals surface area contributed by atoms with Gasteiger partial charge >= 0.3 is 0 Å². The van der Waals surface area contributed by atoms with E-state index in [1.807, 2.05) is 19.1 Å². The Bertz CT molecular complexity index is 735. The summed E-state index contributed by atoms with van der Waals surface area (Å²) >= 11 is 3.05. The first-order valence-corrected chi connectivity index (χ1v) is 7.94. The lowest BCUT2D eigenvalue weighted by Gasteiger charge is -2.09. The maximum atomic E-state index is 13.1. The fourth-order valence-electron chi connectivity index (χ4n) is 1.84. The molecule has 0 fully saturated rings. The lowest BCUT2D eigenvalue weighted by molar-refractivity contribution is -0.129. The molecule has 5 nitrogen and oxygen atoms in total. The van der Waals surface area contributed by atoms with Crippen LogP contribution in [0.3, 0.4) is 0 Å². The predicted octanol–water partition coefficient (Wildman–Crippen LogP) is 2.67. The maximum absolute atomic E-state index is 13.1. The van der Waals surface area contributed by atoms with Crippen molar-refractivity contribution in [2.24, 2.45) is 0 Å². The van der Waals surface area contributed by atoms with Gasteiger partial charge in [0.05, 0.1) is 10.9 Å². The van der Waals surface area contributed by atoms with Crippen LogP contribution in [-0.2, 0) is 16.0 Å². The SMILES string of the molecule is Cc1ccc(OCC(=O)NNC(=O)Cc2ccc(F)c(Br)c2)cc1. The van der Waals surface area contributed by atoms with Crippen LogP contribution in [0.25, 0.3) is 0 Å². The van der Waals surface area contributed by atoms with Gasteiger partial charge in [-0.1, -0.05) is 23.8 Å². The topological polar surface area (TPSA) is 67.4 Å². The van der Waals surface area contributed by atoms with Crippen LogP contribution in [0.15, 0.2) is 46.9 Å². The Morgan fingerprint density at radius 2 is 1.75 bits per heavy atom. The molecule has 0 aliphatic heterocycles. The van der Waals surface area contributed by atoms with Crippen LogP contribution in [0.5, 0.6) is 5.75 Å². The molecule has 24 heavy (non-hydrogen) atoms. The van der Waals surface area contributed by atoms with Gasteiger partial charge in [0.25, 0.3) is 5.91 Å². The molecule has 0 unspecified atom stereocenters. The Balaban J connectivity index is 1.73. The van der Waals surface area contributed by atoms with Gasteiger partial charge in [-0.3, -0.25) is 20.4 Å². The van der Waals surface area contributed by atoms with E-state index >= 15 is 0 Å². The summed E-state index contributed by atoms with van der Waals surface area (Å²) in [6.07, 6.45) is 0.0119. The highest BCUT2D eigenvalue weighted by Gasteiger charge is 2.08. The third-order valence-corrected chi connectivity index (χ3v) is 3.69. The molecule has 0 heterocycles. The second kappa shape index (κ2) is 8.44. The molecule has 0 aromatic heterocycles. The van der Waals surface area contributed by atoms with Gasteiger partial charge in [0.15, 0.2) is 6.61 Å². The number of amides is 2. The minimum atomic E-state index is -0.482. The summed E-state index contributed by atoms with van der Waals surface area (Å²) in [6, 6.07) is 11.5. The van der Waals surface area contributed by atoms with Gasteiger partial charge in [-0.15, -0.1) is 0 Å². The van der Waals surface area contributed by atoms with Gasteiger partial charge in [-0.2, -0.15) is 0 Å². The summed E-state index contributed by atoms with van der Waals surface area (Å²) < 4.78 is 18.7. The molecule has 7 heteroatoms. The lowest BCUT2D eigenvalue weighted by Crippen LogP contribution is -2.44. The lowest BCUT2D eigenvalue weighted by atomic mass is 10.1. The van der Waals surface area contributed by atoms with E-state index in [-0.39, 0.29) is 17.5 Å². The number of carbonyl (C=O) groups is 2. The highest BCUT2D eigenvalue weighted by molar-refractivity contribution is 9.10. The third-order valence-electron chi connectivity index (χ3n) is 3.08. The molecule has 0 saturated heterocycles. The van der Waals surface area contributed by atoms with Crippen molar-refractivity contribution in [3.8, 4) is 5.75 Å². The van der Waals surface area contributed by atoms with E-state index in [4.69, 9.17) is 4.74 Å². The van der Waals surface area contributed by atoms with E-state index in [0.717, 1.165) is 5.56 Å². The van der Waals surface area contributed by atoms with Crippen LogP contribution >= 0.6 is 15.9 Å². The monoisotopic (exact) mass is 394 g/mol. The van der Waals surface area contributed by atoms with Gasteiger partial charge in [-0.05, 0) is 52.7 Å². The minimum Gasteiger partial charge on any atom is -0.484 e. The number of hydrogen-bond donors (Lipinski definition) is 2. The van der Waals surface area contributed by atoms with E-state index in [9.17, 15) is 14.0 Å². The van der Waals surface area contributed by atoms with E-state index < -0.39 is 17.6 Å². The van der Waals surface area contributed by atoms with Crippen molar-refractivity contribution < 1.29 is 18.7 Å². The molecule has 0 aliphatic carbocycles. The first-order valence-electron chi connectivity index (χ1n) is 7.15. The molecular weight excluding hydrogens is 379 g/mol. The average Bonchev–Trinajstić information content (AvgIpc) is 2.56. The Kier molecular flexibility index (Phi) is 6.31.